The van der Waals surface area contributed by atoms with Crippen LogP contribution < -0.4 is 21.7 Å². The molecule has 0 aliphatic heterocycles. The summed E-state index contributed by atoms with van der Waals surface area (Å²) >= 11 is 0. The monoisotopic (exact) mass is 446 g/mol. The number of hydrogen-bond acceptors (Lipinski definition) is 7. The zero-order chi connectivity index (χ0) is 24.3. The molecule has 0 saturated carbocycles. The molecule has 8 N–H and O–H groups in total. The first kappa shape index (κ1) is 28.3. The van der Waals surface area contributed by atoms with Crippen LogP contribution in [0.3, 0.4) is 0 Å². The maximum atomic E-state index is 12.6. The van der Waals surface area contributed by atoms with E-state index in [1.165, 1.54) is 0 Å². The minimum atomic E-state index is -1.43. The Bertz CT molecular complexity index is 653. The van der Waals surface area contributed by atoms with Crippen LogP contribution in [0.2, 0.25) is 0 Å². The molecule has 0 aliphatic carbocycles. The Morgan fingerprint density at radius 3 is 1.81 bits per heavy atom. The molecule has 0 aromatic rings. The third kappa shape index (κ3) is 10.7. The van der Waals surface area contributed by atoms with Crippen LogP contribution >= 0.6 is 0 Å². The van der Waals surface area contributed by atoms with E-state index >= 15 is 0 Å². The number of carbonyl (C=O) groups excluding carboxylic acids is 3. The van der Waals surface area contributed by atoms with Crippen LogP contribution in [-0.2, 0) is 24.0 Å². The van der Waals surface area contributed by atoms with Gasteiger partial charge < -0.3 is 37.0 Å². The molecule has 0 aromatic heterocycles. The van der Waals surface area contributed by atoms with Crippen molar-refractivity contribution in [1.29, 1.82) is 0 Å². The first-order valence-corrected chi connectivity index (χ1v) is 10.0. The highest BCUT2D eigenvalue weighted by Gasteiger charge is 2.31. The van der Waals surface area contributed by atoms with Crippen molar-refractivity contribution in [2.24, 2.45) is 17.6 Å². The second-order valence-electron chi connectivity index (χ2n) is 8.04. The van der Waals surface area contributed by atoms with Gasteiger partial charge in [0, 0.05) is 6.42 Å². The van der Waals surface area contributed by atoms with Crippen LogP contribution in [0.15, 0.2) is 0 Å². The molecule has 0 bridgehead atoms. The summed E-state index contributed by atoms with van der Waals surface area (Å²) in [4.78, 5) is 59.1. The van der Waals surface area contributed by atoms with E-state index in [2.05, 4.69) is 16.0 Å². The van der Waals surface area contributed by atoms with E-state index in [9.17, 15) is 34.2 Å². The van der Waals surface area contributed by atoms with Gasteiger partial charge in [-0.2, -0.15) is 0 Å². The summed E-state index contributed by atoms with van der Waals surface area (Å²) in [5.74, 6) is -5.17. The number of carboxylic acids is 2. The molecule has 12 heteroatoms. The lowest BCUT2D eigenvalue weighted by molar-refractivity contribution is -0.143. The maximum Gasteiger partial charge on any atom is 0.326 e. The van der Waals surface area contributed by atoms with Crippen LogP contribution in [0.1, 0.15) is 47.0 Å². The molecule has 12 nitrogen and oxygen atoms in total. The summed E-state index contributed by atoms with van der Waals surface area (Å²) in [6.07, 6.45) is -0.310. The average Bonchev–Trinajstić information content (AvgIpc) is 2.66. The molecule has 0 aromatic carbocycles. The fraction of sp³-hybridized carbons (Fsp3) is 0.737. The van der Waals surface area contributed by atoms with E-state index in [1.807, 2.05) is 0 Å². The summed E-state index contributed by atoms with van der Waals surface area (Å²) in [5.41, 5.74) is 5.58. The number of nitrogens with two attached hydrogens (primary N) is 1. The number of carboxylic acid groups (broad SMARTS) is 2. The molecule has 4 unspecified atom stereocenters. The Hall–Kier alpha value is -2.73. The molecule has 178 valence electrons. The van der Waals surface area contributed by atoms with E-state index in [4.69, 9.17) is 10.8 Å². The SMILES string of the molecule is CC(C)CC(NC(=O)C(NC(=O)C(CO)NC(=O)C(N)CCC(=O)O)C(C)C)C(=O)O. The largest absolute Gasteiger partial charge is 0.481 e. The molecule has 0 fully saturated rings. The molecule has 0 spiro atoms. The first-order valence-electron chi connectivity index (χ1n) is 10.0. The lowest BCUT2D eigenvalue weighted by Crippen LogP contribution is -2.59. The molecular weight excluding hydrogens is 412 g/mol. The number of nitrogens with one attached hydrogen (secondary N) is 3. The van der Waals surface area contributed by atoms with Gasteiger partial charge >= 0.3 is 11.9 Å². The highest BCUT2D eigenvalue weighted by molar-refractivity contribution is 5.94. The standard InChI is InChI=1S/C19H34N4O8/c1-9(2)7-12(19(30)31)21-18(29)15(10(3)4)23-17(28)13(8-24)22-16(27)11(20)5-6-14(25)26/h9-13,15,24H,5-8,20H2,1-4H3,(H,21,29)(H,22,27)(H,23,28)(H,25,26)(H,30,31). The lowest BCUT2D eigenvalue weighted by Gasteiger charge is -2.26. The number of aliphatic hydroxyl groups excluding tert-OH is 1. The average molecular weight is 447 g/mol. The summed E-state index contributed by atoms with van der Waals surface area (Å²) in [5, 5.41) is 34.4. The molecule has 3 amide bonds. The number of hydrogen-bond donors (Lipinski definition) is 7. The summed E-state index contributed by atoms with van der Waals surface area (Å²) in [7, 11) is 0. The maximum absolute atomic E-state index is 12.6. The molecule has 0 aliphatic rings. The summed E-state index contributed by atoms with van der Waals surface area (Å²) < 4.78 is 0. The van der Waals surface area contributed by atoms with Gasteiger partial charge in [0.15, 0.2) is 0 Å². The van der Waals surface area contributed by atoms with E-state index in [0.717, 1.165) is 0 Å². The second-order valence-corrected chi connectivity index (χ2v) is 8.04. The van der Waals surface area contributed by atoms with Crippen LogP contribution in [0.25, 0.3) is 0 Å². The van der Waals surface area contributed by atoms with Gasteiger partial charge in [0.05, 0.1) is 12.6 Å². The highest BCUT2D eigenvalue weighted by Crippen LogP contribution is 2.08. The second kappa shape index (κ2) is 13.5. The third-order valence-corrected chi connectivity index (χ3v) is 4.39. The zero-order valence-electron chi connectivity index (χ0n) is 18.3. The molecular formula is C19H34N4O8. The van der Waals surface area contributed by atoms with Gasteiger partial charge in [-0.25, -0.2) is 4.79 Å². The fourth-order valence-electron chi connectivity index (χ4n) is 2.63. The van der Waals surface area contributed by atoms with Gasteiger partial charge in [-0.15, -0.1) is 0 Å². The van der Waals surface area contributed by atoms with E-state index < -0.39 is 66.4 Å². The van der Waals surface area contributed by atoms with E-state index in [-0.39, 0.29) is 25.2 Å². The Kier molecular flexibility index (Phi) is 12.4. The van der Waals surface area contributed by atoms with E-state index in [0.29, 0.717) is 0 Å². The highest BCUT2D eigenvalue weighted by atomic mass is 16.4. The Morgan fingerprint density at radius 2 is 1.39 bits per heavy atom. The van der Waals surface area contributed by atoms with Crippen LogP contribution in [-0.4, -0.2) is 75.8 Å². The van der Waals surface area contributed by atoms with E-state index in [1.54, 1.807) is 27.7 Å². The molecule has 0 radical (unpaired) electrons. The molecule has 0 saturated heterocycles. The van der Waals surface area contributed by atoms with Crippen molar-refractivity contribution in [3.8, 4) is 0 Å². The lowest BCUT2D eigenvalue weighted by atomic mass is 10.00. The van der Waals surface area contributed by atoms with Crippen molar-refractivity contribution in [2.45, 2.75) is 71.1 Å². The minimum absolute atomic E-state index is 0.00723. The van der Waals surface area contributed by atoms with Crippen molar-refractivity contribution in [2.75, 3.05) is 6.61 Å². The Labute approximate surface area is 180 Å². The van der Waals surface area contributed by atoms with Gasteiger partial charge in [-0.3, -0.25) is 19.2 Å². The van der Waals surface area contributed by atoms with Gasteiger partial charge in [-0.1, -0.05) is 27.7 Å². The van der Waals surface area contributed by atoms with Crippen molar-refractivity contribution in [1.82, 2.24) is 16.0 Å². The Morgan fingerprint density at radius 1 is 0.839 bits per heavy atom. The molecule has 31 heavy (non-hydrogen) atoms. The predicted molar refractivity (Wildman–Crippen MR) is 110 cm³/mol. The predicted octanol–water partition coefficient (Wildman–Crippen LogP) is -1.59. The van der Waals surface area contributed by atoms with Gasteiger partial charge in [-0.05, 0) is 24.7 Å². The minimum Gasteiger partial charge on any atom is -0.481 e. The smallest absolute Gasteiger partial charge is 0.326 e. The topological polar surface area (TPSA) is 208 Å². The van der Waals surface area contributed by atoms with Crippen molar-refractivity contribution < 1.29 is 39.3 Å². The van der Waals surface area contributed by atoms with Crippen molar-refractivity contribution in [3.05, 3.63) is 0 Å². The first-order chi connectivity index (χ1) is 14.3. The normalized spacial score (nSPS) is 15.0. The van der Waals surface area contributed by atoms with Crippen molar-refractivity contribution in [3.63, 3.8) is 0 Å². The molecule has 4 atom stereocenters. The summed E-state index contributed by atoms with van der Waals surface area (Å²) in [6.45, 7) is 6.09. The van der Waals surface area contributed by atoms with Crippen LogP contribution in [0.4, 0.5) is 0 Å². The van der Waals surface area contributed by atoms with Gasteiger partial charge in [0.2, 0.25) is 17.7 Å². The number of amides is 3. The Balaban J connectivity index is 5.14. The molecule has 0 rings (SSSR count). The number of aliphatic hydroxyl groups is 1. The molecule has 0 heterocycles. The number of carbonyl (C=O) groups is 5. The summed E-state index contributed by atoms with van der Waals surface area (Å²) in [6, 6.07) is -4.88. The van der Waals surface area contributed by atoms with Gasteiger partial charge in [0.25, 0.3) is 0 Å². The fourth-order valence-corrected chi connectivity index (χ4v) is 2.63. The van der Waals surface area contributed by atoms with Crippen LogP contribution in [0, 0.1) is 11.8 Å². The van der Waals surface area contributed by atoms with Crippen molar-refractivity contribution >= 4 is 29.7 Å². The third-order valence-electron chi connectivity index (χ3n) is 4.39. The zero-order valence-corrected chi connectivity index (χ0v) is 18.3. The number of aliphatic carboxylic acids is 2. The van der Waals surface area contributed by atoms with Crippen LogP contribution in [0.5, 0.6) is 0 Å². The van der Waals surface area contributed by atoms with Gasteiger partial charge in [0.1, 0.15) is 18.1 Å². The quantitative estimate of drug-likeness (QED) is 0.164. The number of rotatable bonds is 14.